The van der Waals surface area contributed by atoms with Gasteiger partial charge in [-0.1, -0.05) is 71.0 Å². The minimum absolute atomic E-state index is 0.793. The molecule has 7 rings (SSSR count). The molecule has 0 saturated carbocycles. The maximum absolute atomic E-state index is 6.46. The van der Waals surface area contributed by atoms with Crippen molar-refractivity contribution in [1.29, 1.82) is 0 Å². The van der Waals surface area contributed by atoms with Gasteiger partial charge in [-0.15, -0.1) is 0 Å². The Bertz CT molecular complexity index is 1680. The highest BCUT2D eigenvalue weighted by Crippen LogP contribution is 2.49. The SMILES string of the molecule is CN(CCN1c2ccccc2Sc2ccc(Cl)cc21)CC[N+]1(C)CC[N+](C)(CCN(C)CCN2c3ccccc3Sc3ccc(Cl)cc32)CC1. The number of anilines is 4. The molecule has 1 fully saturated rings. The number of halogens is 2. The van der Waals surface area contributed by atoms with Crippen LogP contribution in [-0.4, -0.2) is 125 Å². The van der Waals surface area contributed by atoms with Crippen molar-refractivity contribution in [2.24, 2.45) is 0 Å². The number of piperazine rings is 1. The first-order valence-corrected chi connectivity index (χ1v) is 20.2. The van der Waals surface area contributed by atoms with Gasteiger partial charge in [0.1, 0.15) is 26.2 Å². The second-order valence-electron chi connectivity index (χ2n) is 14.9. The molecule has 6 nitrogen and oxygen atoms in total. The predicted molar refractivity (Wildman–Crippen MR) is 215 cm³/mol. The lowest BCUT2D eigenvalue weighted by atomic mass is 10.2. The van der Waals surface area contributed by atoms with Crippen molar-refractivity contribution < 1.29 is 8.97 Å². The highest BCUT2D eigenvalue weighted by Gasteiger charge is 2.37. The third-order valence-electron chi connectivity index (χ3n) is 11.0. The van der Waals surface area contributed by atoms with Gasteiger partial charge in [-0.05, 0) is 74.8 Å². The van der Waals surface area contributed by atoms with Gasteiger partial charge in [-0.25, -0.2) is 0 Å². The summed E-state index contributed by atoms with van der Waals surface area (Å²) in [7, 11) is 9.51. The van der Waals surface area contributed by atoms with Gasteiger partial charge >= 0.3 is 0 Å². The van der Waals surface area contributed by atoms with Gasteiger partial charge in [-0.3, -0.25) is 9.80 Å². The minimum atomic E-state index is 0.793. The Hall–Kier alpha value is -2.40. The van der Waals surface area contributed by atoms with Crippen LogP contribution in [0, 0.1) is 0 Å². The minimum Gasteiger partial charge on any atom is -0.338 e. The van der Waals surface area contributed by atoms with Crippen LogP contribution in [0.3, 0.4) is 0 Å². The predicted octanol–water partition coefficient (Wildman–Crippen LogP) is 8.67. The zero-order chi connectivity index (χ0) is 34.9. The standard InChI is InChI=1S/C40H50Cl2N6S2/c1-43(17-19-45-33-9-5-7-11-37(33)49-39-15-13-31(41)29-35(39)45)21-23-47(3)25-27-48(4,28-26-47)24-22-44(2)18-20-46-34-10-6-8-12-38(34)50-40-16-14-32(42)30-36(40)46/h5-16,29-30H,17-28H2,1-4H3/q+2. The molecule has 0 aliphatic carbocycles. The average Bonchev–Trinajstić information content (AvgIpc) is 3.12. The second kappa shape index (κ2) is 15.3. The largest absolute Gasteiger partial charge is 0.338 e. The van der Waals surface area contributed by atoms with Gasteiger partial charge in [0.25, 0.3) is 0 Å². The average molecular weight is 750 g/mol. The van der Waals surface area contributed by atoms with Crippen molar-refractivity contribution in [2.75, 3.05) is 117 Å². The fourth-order valence-corrected chi connectivity index (χ4v) is 9.80. The fraction of sp³-hybridized carbons (Fsp3) is 0.400. The molecule has 0 radical (unpaired) electrons. The highest BCUT2D eigenvalue weighted by atomic mass is 35.5. The molecule has 3 heterocycles. The van der Waals surface area contributed by atoms with Crippen LogP contribution in [-0.2, 0) is 0 Å². The summed E-state index contributed by atoms with van der Waals surface area (Å²) in [5, 5.41) is 1.59. The van der Waals surface area contributed by atoms with Gasteiger partial charge in [0, 0.05) is 68.9 Å². The fourth-order valence-electron chi connectivity index (χ4n) is 7.31. The first-order valence-electron chi connectivity index (χ1n) is 17.8. The molecule has 0 amide bonds. The van der Waals surface area contributed by atoms with Crippen LogP contribution in [0.1, 0.15) is 0 Å². The number of rotatable bonds is 12. The third-order valence-corrected chi connectivity index (χ3v) is 13.7. The van der Waals surface area contributed by atoms with E-state index < -0.39 is 0 Å². The lowest BCUT2D eigenvalue weighted by Gasteiger charge is -2.47. The zero-order valence-corrected chi connectivity index (χ0v) is 33.0. The molecule has 0 atom stereocenters. The number of quaternary nitrogens is 2. The molecule has 1 saturated heterocycles. The smallest absolute Gasteiger partial charge is 0.128 e. The monoisotopic (exact) mass is 748 g/mol. The van der Waals surface area contributed by atoms with E-state index in [4.69, 9.17) is 23.2 Å². The molecule has 0 aromatic heterocycles. The molecule has 4 aromatic rings. The van der Waals surface area contributed by atoms with E-state index in [1.54, 1.807) is 0 Å². The van der Waals surface area contributed by atoms with Crippen molar-refractivity contribution >= 4 is 69.5 Å². The van der Waals surface area contributed by atoms with Crippen LogP contribution < -0.4 is 9.80 Å². The highest BCUT2D eigenvalue weighted by molar-refractivity contribution is 8.00. The van der Waals surface area contributed by atoms with Crippen LogP contribution in [0.5, 0.6) is 0 Å². The van der Waals surface area contributed by atoms with Gasteiger partial charge in [-0.2, -0.15) is 0 Å². The number of hydrogen-bond donors (Lipinski definition) is 0. The summed E-state index contributed by atoms with van der Waals surface area (Å²) in [6, 6.07) is 30.0. The first-order chi connectivity index (χ1) is 24.1. The summed E-state index contributed by atoms with van der Waals surface area (Å²) in [4.78, 5) is 15.1. The van der Waals surface area contributed by atoms with Crippen LogP contribution in [0.25, 0.3) is 0 Å². The lowest BCUT2D eigenvalue weighted by Crippen LogP contribution is -2.66. The number of fused-ring (bicyclic) bond motifs is 4. The molecule has 3 aliphatic heterocycles. The van der Waals surface area contributed by atoms with E-state index in [2.05, 4.69) is 121 Å². The van der Waals surface area contributed by atoms with Gasteiger partial charge in [0.05, 0.1) is 49.9 Å². The Labute approximate surface area is 317 Å². The number of benzene rings is 4. The molecule has 50 heavy (non-hydrogen) atoms. The van der Waals surface area contributed by atoms with E-state index in [-0.39, 0.29) is 0 Å². The summed E-state index contributed by atoms with van der Waals surface area (Å²) in [5.74, 6) is 0. The topological polar surface area (TPSA) is 13.0 Å². The van der Waals surface area contributed by atoms with E-state index in [9.17, 15) is 0 Å². The molecule has 10 heteroatoms. The quantitative estimate of drug-likeness (QED) is 0.134. The summed E-state index contributed by atoms with van der Waals surface area (Å²) in [6.45, 7) is 13.4. The van der Waals surface area contributed by atoms with Crippen LogP contribution in [0.4, 0.5) is 22.7 Å². The molecular formula is C40H50Cl2N6S2+2. The van der Waals surface area contributed by atoms with Crippen LogP contribution >= 0.6 is 46.7 Å². The molecular weight excluding hydrogens is 700 g/mol. The first kappa shape index (κ1) is 36.0. The number of nitrogens with zero attached hydrogens (tertiary/aromatic N) is 6. The maximum Gasteiger partial charge on any atom is 0.128 e. The van der Waals surface area contributed by atoms with E-state index in [1.807, 2.05) is 35.7 Å². The normalized spacial score (nSPS) is 21.2. The molecule has 0 unspecified atom stereocenters. The second-order valence-corrected chi connectivity index (χ2v) is 17.9. The van der Waals surface area contributed by atoms with Gasteiger partial charge in [0.15, 0.2) is 0 Å². The van der Waals surface area contributed by atoms with Crippen LogP contribution in [0.15, 0.2) is 105 Å². The lowest BCUT2D eigenvalue weighted by molar-refractivity contribution is -1.01. The Kier molecular flexibility index (Phi) is 11.0. The van der Waals surface area contributed by atoms with E-state index >= 15 is 0 Å². The van der Waals surface area contributed by atoms with Crippen molar-refractivity contribution in [3.8, 4) is 0 Å². The third kappa shape index (κ3) is 8.13. The van der Waals surface area contributed by atoms with Crippen molar-refractivity contribution in [2.45, 2.75) is 19.6 Å². The molecule has 0 spiro atoms. The number of para-hydroxylation sites is 2. The Morgan fingerprint density at radius 3 is 1.34 bits per heavy atom. The molecule has 0 N–H and O–H groups in total. The van der Waals surface area contributed by atoms with E-state index in [1.165, 1.54) is 81.6 Å². The van der Waals surface area contributed by atoms with Crippen molar-refractivity contribution in [3.05, 3.63) is 95.0 Å². The van der Waals surface area contributed by atoms with Gasteiger partial charge < -0.3 is 18.8 Å². The summed E-state index contributed by atoms with van der Waals surface area (Å²) in [5.41, 5.74) is 5.01. The summed E-state index contributed by atoms with van der Waals surface area (Å²) >= 11 is 16.6. The zero-order valence-electron chi connectivity index (χ0n) is 29.8. The van der Waals surface area contributed by atoms with Crippen LogP contribution in [0.2, 0.25) is 10.0 Å². The Morgan fingerprint density at radius 1 is 0.540 bits per heavy atom. The Balaban J connectivity index is 0.874. The molecule has 0 bridgehead atoms. The number of likely N-dealkylation sites (N-methyl/N-ethyl adjacent to an activating group) is 4. The van der Waals surface area contributed by atoms with E-state index in [0.29, 0.717) is 0 Å². The maximum atomic E-state index is 6.46. The summed E-state index contributed by atoms with van der Waals surface area (Å²) in [6.07, 6.45) is 0. The van der Waals surface area contributed by atoms with Crippen molar-refractivity contribution in [1.82, 2.24) is 9.80 Å². The van der Waals surface area contributed by atoms with Crippen molar-refractivity contribution in [3.63, 3.8) is 0 Å². The molecule has 264 valence electrons. The van der Waals surface area contributed by atoms with Gasteiger partial charge in [0.2, 0.25) is 0 Å². The number of hydrogen-bond acceptors (Lipinski definition) is 6. The molecule has 3 aliphatic rings. The molecule has 4 aromatic carbocycles. The van der Waals surface area contributed by atoms with E-state index in [0.717, 1.165) is 58.3 Å². The Morgan fingerprint density at radius 2 is 0.920 bits per heavy atom. The summed E-state index contributed by atoms with van der Waals surface area (Å²) < 4.78 is 2.31.